The summed E-state index contributed by atoms with van der Waals surface area (Å²) in [7, 11) is 0.628. The number of nitrogens with two attached hydrogens (primary N) is 3. The Labute approximate surface area is 515 Å². The molecular formula is C48H51Br5I2N9O4Se3V. The number of hydrogen-bond donors (Lipinski definition) is 6. The number of nitrogens with one attached hydrogen (secondary N) is 1. The van der Waals surface area contributed by atoms with Gasteiger partial charge in [-0.15, -0.1) is 0 Å². The van der Waals surface area contributed by atoms with Crippen molar-refractivity contribution in [3.63, 3.8) is 0 Å². The van der Waals surface area contributed by atoms with Crippen LogP contribution >= 0.6 is 120 Å². The third kappa shape index (κ3) is 33.1. The zero-order chi connectivity index (χ0) is 53.3. The van der Waals surface area contributed by atoms with Gasteiger partial charge in [0.25, 0.3) is 6.47 Å². The molecule has 0 bridgehead atoms. The van der Waals surface area contributed by atoms with Gasteiger partial charge in [-0.05, 0) is 88.0 Å². The first-order valence-corrected chi connectivity index (χ1v) is 35.9. The number of fused-ring (bicyclic) bond motifs is 1. The molecule has 72 heavy (non-hydrogen) atoms. The zero-order valence-electron chi connectivity index (χ0n) is 39.4. The van der Waals surface area contributed by atoms with Crippen molar-refractivity contribution in [2.24, 2.45) is 15.7 Å². The Balaban J connectivity index is -0.000000772. The van der Waals surface area contributed by atoms with Crippen LogP contribution in [0.1, 0.15) is 33.4 Å². The van der Waals surface area contributed by atoms with Gasteiger partial charge in [-0.25, -0.2) is 4.85 Å². The molecule has 0 saturated carbocycles. The Bertz CT molecular complexity index is 2890. The van der Waals surface area contributed by atoms with Crippen LogP contribution in [0.2, 0.25) is 0 Å². The molecule has 1 amide bonds. The molecule has 0 aliphatic rings. The van der Waals surface area contributed by atoms with E-state index in [0.29, 0.717) is 26.3 Å². The fraction of sp³-hybridized carbons (Fsp3) is 0.125. The summed E-state index contributed by atoms with van der Waals surface area (Å²) in [4.78, 5) is 34.1. The molecule has 1 aromatic heterocycles. The number of aromatic nitrogens is 1. The molecule has 1 heterocycles. The van der Waals surface area contributed by atoms with Crippen LogP contribution < -0.4 is 28.7 Å². The van der Waals surface area contributed by atoms with Gasteiger partial charge in [-0.2, -0.15) is 0 Å². The predicted octanol–water partition coefficient (Wildman–Crippen LogP) is 14.3. The summed E-state index contributed by atoms with van der Waals surface area (Å²) >= 11 is 27.0. The molecule has 0 aliphatic heterocycles. The van der Waals surface area contributed by atoms with Crippen LogP contribution in [0.4, 0.5) is 33.1 Å². The minimum atomic E-state index is -0.250. The molecule has 7 aromatic rings. The first-order valence-electron chi connectivity index (χ1n) is 19.5. The van der Waals surface area contributed by atoms with Gasteiger partial charge in [0.05, 0.1) is 12.3 Å². The van der Waals surface area contributed by atoms with Crippen LogP contribution in [0, 0.1) is 48.1 Å². The molecule has 0 atom stereocenters. The molecule has 0 spiro atoms. The normalized spacial score (nSPS) is 9.14. The van der Waals surface area contributed by atoms with Gasteiger partial charge in [0.1, 0.15) is 0 Å². The summed E-state index contributed by atoms with van der Waals surface area (Å²) in [6.07, 6.45) is 0.662. The van der Waals surface area contributed by atoms with Gasteiger partial charge in [-0.3, -0.25) is 9.59 Å². The molecule has 0 fully saturated rings. The summed E-state index contributed by atoms with van der Waals surface area (Å²) in [5, 5.41) is 9.46. The van der Waals surface area contributed by atoms with Gasteiger partial charge in [0, 0.05) is 19.1 Å². The van der Waals surface area contributed by atoms with Gasteiger partial charge >= 0.3 is 290 Å². The number of amidine groups is 1. The Kier molecular flexibility index (Phi) is 44.5. The van der Waals surface area contributed by atoms with E-state index in [0.717, 1.165) is 60.9 Å². The fourth-order valence-electron chi connectivity index (χ4n) is 4.76. The maximum absolute atomic E-state index is 10.1. The van der Waals surface area contributed by atoms with Gasteiger partial charge in [0.15, 0.2) is 0 Å². The fourth-order valence-corrected chi connectivity index (χ4v) is 9.76. The van der Waals surface area contributed by atoms with Gasteiger partial charge in [-0.1, -0.05) is 51.8 Å². The van der Waals surface area contributed by atoms with Crippen molar-refractivity contribution in [2.45, 2.75) is 41.5 Å². The van der Waals surface area contributed by atoms with Crippen molar-refractivity contribution in [3.05, 3.63) is 176 Å². The third-order valence-corrected chi connectivity index (χ3v) is 13.3. The van der Waals surface area contributed by atoms with E-state index in [1.54, 1.807) is 0 Å². The van der Waals surface area contributed by atoms with Crippen LogP contribution in [-0.2, 0) is 19.1 Å². The summed E-state index contributed by atoms with van der Waals surface area (Å²) in [5.41, 5.74) is 28.9. The van der Waals surface area contributed by atoms with E-state index in [9.17, 15) is 4.79 Å². The third-order valence-electron chi connectivity index (χ3n) is 7.88. The molecule has 0 saturated heterocycles. The molecule has 1 radical (unpaired) electrons. The average molecular weight is 1760 g/mol. The summed E-state index contributed by atoms with van der Waals surface area (Å²) in [6.45, 7) is 18.7. The monoisotopic (exact) mass is 1760 g/mol. The van der Waals surface area contributed by atoms with Gasteiger partial charge < -0.3 is 27.8 Å². The molecule has 6 aromatic carbocycles. The van der Waals surface area contributed by atoms with E-state index in [1.807, 2.05) is 132 Å². The number of benzene rings is 6. The zero-order valence-corrected chi connectivity index (χ0v) is 58.1. The molecule has 0 unspecified atom stereocenters. The standard InChI is InChI=1S/C8H8BrN2Se.C8H8BrNO.C8H6BrNSe.C8H6BrN.C8H8N2Se.C7H8BrN.CH2O2.2HI.H3N.H2O.V/c1-5-2-3-7(6(9)4-5)11-8(10)12;2*1-6-2-3-8(10-5-11)7(9)4-6;1-6-3-4-8(10-2)7(9)5-6;1-5-2-3-6-7(4-5)11-8(9)10-6;1-5-2-3-7(9)6(8)4-5;2-1-3;;;;;/h2-4H,1H3,(H2,10,11);2-5H,1H3,(H,10,11);2-4H,1H3;3-5H,1H3;2-4H,1H3,(H2,9,10);2-4H,9H2,1H3;1H,(H,2,3);2*1H;1H3;1H2;/q;;;;;;;;;;;+2/p-2. The first kappa shape index (κ1) is 74.2. The minimum absolute atomic E-state index is 0. The van der Waals surface area contributed by atoms with Crippen molar-refractivity contribution in [1.82, 2.24) is 11.1 Å². The molecule has 24 heteroatoms. The van der Waals surface area contributed by atoms with Crippen LogP contribution in [0.5, 0.6) is 0 Å². The van der Waals surface area contributed by atoms with E-state index in [1.165, 1.54) is 32.1 Å². The van der Waals surface area contributed by atoms with Crippen LogP contribution in [0.15, 0.2) is 142 Å². The average Bonchev–Trinajstić information content (AvgIpc) is 3.66. The number of carbonyl (C=O) groups excluding carboxylic acids is 1. The summed E-state index contributed by atoms with van der Waals surface area (Å²) < 4.78 is 9.88. The predicted molar refractivity (Wildman–Crippen MR) is 338 cm³/mol. The van der Waals surface area contributed by atoms with Crippen LogP contribution in [0.25, 0.3) is 14.6 Å². The van der Waals surface area contributed by atoms with Crippen LogP contribution in [-0.4, -0.2) is 84.0 Å². The number of nitrogens with zero attached hydrogens (tertiary/aromatic N) is 4. The number of anilines is 3. The molecule has 0 aliphatic carbocycles. The topological polar surface area (TPSA) is 253 Å². The number of rotatable bonds is 4. The number of amides is 1. The Morgan fingerprint density at radius 3 is 1.57 bits per heavy atom. The number of nitrogen functional groups attached to an aromatic ring is 2. The van der Waals surface area contributed by atoms with Crippen molar-refractivity contribution in [2.75, 3.05) is 16.8 Å². The van der Waals surface area contributed by atoms with Crippen molar-refractivity contribution >= 4 is 231 Å². The Morgan fingerprint density at radius 2 is 1.15 bits per heavy atom. The van der Waals surface area contributed by atoms with E-state index in [4.69, 9.17) is 33.7 Å². The van der Waals surface area contributed by atoms with Gasteiger partial charge in [0.2, 0.25) is 12.1 Å². The quantitative estimate of drug-likeness (QED) is 0.0187. The molecule has 13 N–H and O–H groups in total. The van der Waals surface area contributed by atoms with E-state index in [-0.39, 0.29) is 32.6 Å². The van der Waals surface area contributed by atoms with Crippen LogP contribution in [0.3, 0.4) is 0 Å². The molecular weight excluding hydrogens is 1710 g/mol. The second-order valence-electron chi connectivity index (χ2n) is 13.6. The number of carbonyl (C=O) groups is 2. The Morgan fingerprint density at radius 1 is 0.736 bits per heavy atom. The summed E-state index contributed by atoms with van der Waals surface area (Å²) in [6, 6.07) is 35.5. The van der Waals surface area contributed by atoms with E-state index in [2.05, 4.69) is 200 Å². The van der Waals surface area contributed by atoms with Crippen molar-refractivity contribution < 1.29 is 29.6 Å². The SMILES string of the molecule is Cc1ccc(N)c(Br)c1.Cc1ccc(N=C(N)[Se])c(Br)c1.Cc1ccc(N=C=[Se])c(Br)c1.Cc1ccc(NC=O)c(Br)c1.Cc1ccc2nc(N)[se]c2c1.N.O.O=CO.[C-]#[N+]c1ccc(C)cc1Br.[I][V][I]. The second-order valence-corrected chi connectivity index (χ2v) is 33.1. The number of aliphatic imine (C=N–C) groups is 2. The number of halogens is 7. The van der Waals surface area contributed by atoms with Crippen molar-refractivity contribution in [3.8, 4) is 0 Å². The summed E-state index contributed by atoms with van der Waals surface area (Å²) in [5.74, 6) is 0. The van der Waals surface area contributed by atoms with E-state index < -0.39 is 0 Å². The molecule has 13 nitrogen and oxygen atoms in total. The second kappa shape index (κ2) is 43.1. The number of hydrogen-bond acceptors (Lipinski definition) is 8. The first-order chi connectivity index (χ1) is 33.1. The number of carboxylic acid groups (broad SMARTS) is 1. The maximum atomic E-state index is 10.1. The molecule has 7 rings (SSSR count). The Hall–Kier alpha value is -2.01. The van der Waals surface area contributed by atoms with E-state index >= 15 is 0 Å². The van der Waals surface area contributed by atoms with Crippen molar-refractivity contribution in [1.29, 1.82) is 0 Å². The molecule has 384 valence electrons. The number of aryl methyl sites for hydroxylation is 6.